The van der Waals surface area contributed by atoms with Gasteiger partial charge in [0.2, 0.25) is 0 Å². The predicted molar refractivity (Wildman–Crippen MR) is 102 cm³/mol. The van der Waals surface area contributed by atoms with Crippen LogP contribution in [-0.2, 0) is 4.74 Å². The lowest BCUT2D eigenvalue weighted by molar-refractivity contribution is -0.0230. The van der Waals surface area contributed by atoms with Gasteiger partial charge in [-0.2, -0.15) is 0 Å². The maximum atomic E-state index is 11.9. The molecule has 1 aromatic carbocycles. The monoisotopic (exact) mass is 442 g/mol. The first kappa shape index (κ1) is 17.7. The number of halogens is 1. The van der Waals surface area contributed by atoms with E-state index in [4.69, 9.17) is 10.5 Å². The average Bonchev–Trinajstić information content (AvgIpc) is 2.96. The highest BCUT2D eigenvalue weighted by Gasteiger charge is 2.25. The summed E-state index contributed by atoms with van der Waals surface area (Å²) in [6.07, 6.45) is 5.79. The molecule has 5 nitrogen and oxygen atoms in total. The summed E-state index contributed by atoms with van der Waals surface area (Å²) < 4.78 is 8.96. The lowest BCUT2D eigenvalue weighted by Crippen LogP contribution is -2.26. The maximum absolute atomic E-state index is 11.9. The molecule has 3 N–H and O–H groups in total. The van der Waals surface area contributed by atoms with Crippen molar-refractivity contribution in [1.29, 1.82) is 0 Å². The van der Waals surface area contributed by atoms with Gasteiger partial charge in [-0.25, -0.2) is 0 Å². The fourth-order valence-corrected chi connectivity index (χ4v) is 4.18. The Labute approximate surface area is 155 Å². The van der Waals surface area contributed by atoms with Gasteiger partial charge in [0.1, 0.15) is 0 Å². The van der Waals surface area contributed by atoms with Gasteiger partial charge in [-0.05, 0) is 73.4 Å². The maximum Gasteiger partial charge on any atom is 0.250 e. The van der Waals surface area contributed by atoms with Gasteiger partial charge in [-0.15, -0.1) is 0 Å². The molecule has 1 amide bonds. The molecule has 1 aliphatic rings. The summed E-state index contributed by atoms with van der Waals surface area (Å²) in [5, 5.41) is 10.4. The van der Waals surface area contributed by atoms with Gasteiger partial charge < -0.3 is 20.1 Å². The number of carbonyl (C=O) groups excluding carboxylic acids is 1. The molecule has 2 aromatic rings. The van der Waals surface area contributed by atoms with Crippen molar-refractivity contribution in [2.45, 2.75) is 50.9 Å². The minimum atomic E-state index is -0.420. The largest absolute Gasteiger partial charge is 0.391 e. The SMILES string of the molecule is CC(O)COC1CCC(n2ccc3cc(I)cc(C(N)=O)c32)CC1. The first-order chi connectivity index (χ1) is 11.5. The molecular formula is C18H23IN2O3. The van der Waals surface area contributed by atoms with Crippen molar-refractivity contribution in [3.05, 3.63) is 33.5 Å². The number of aliphatic hydroxyl groups excluding tert-OH is 1. The molecular weight excluding hydrogens is 419 g/mol. The molecule has 1 saturated carbocycles. The molecule has 0 saturated heterocycles. The predicted octanol–water partition coefficient (Wildman–Crippen LogP) is 3.23. The lowest BCUT2D eigenvalue weighted by Gasteiger charge is -2.30. The quantitative estimate of drug-likeness (QED) is 0.699. The van der Waals surface area contributed by atoms with E-state index in [0.29, 0.717) is 18.2 Å². The zero-order valence-corrected chi connectivity index (χ0v) is 15.9. The number of fused-ring (bicyclic) bond motifs is 1. The molecule has 1 unspecified atom stereocenters. The molecule has 1 aromatic heterocycles. The molecule has 1 fully saturated rings. The number of hydrogen-bond donors (Lipinski definition) is 2. The first-order valence-corrected chi connectivity index (χ1v) is 9.43. The standard InChI is InChI=1S/C18H23IN2O3/c1-11(22)10-24-15-4-2-14(3-5-15)21-7-6-12-8-13(19)9-16(17(12)21)18(20)23/h6-9,11,14-15,22H,2-5,10H2,1H3,(H2,20,23). The number of carbonyl (C=O) groups is 1. The Kier molecular flexibility index (Phi) is 5.46. The number of nitrogens with two attached hydrogens (primary N) is 1. The van der Waals surface area contributed by atoms with E-state index in [2.05, 4.69) is 45.5 Å². The molecule has 1 atom stereocenters. The number of nitrogens with zero attached hydrogens (tertiary/aromatic N) is 1. The summed E-state index contributed by atoms with van der Waals surface area (Å²) in [6.45, 7) is 2.14. The molecule has 0 radical (unpaired) electrons. The highest BCUT2D eigenvalue weighted by Crippen LogP contribution is 2.34. The normalized spacial score (nSPS) is 22.6. The topological polar surface area (TPSA) is 77.5 Å². The first-order valence-electron chi connectivity index (χ1n) is 8.35. The Bertz CT molecular complexity index is 733. The average molecular weight is 442 g/mol. The van der Waals surface area contributed by atoms with E-state index in [1.54, 1.807) is 6.92 Å². The summed E-state index contributed by atoms with van der Waals surface area (Å²) >= 11 is 2.21. The summed E-state index contributed by atoms with van der Waals surface area (Å²) in [4.78, 5) is 11.9. The highest BCUT2D eigenvalue weighted by atomic mass is 127. The number of hydrogen-bond acceptors (Lipinski definition) is 3. The molecule has 1 heterocycles. The summed E-state index contributed by atoms with van der Waals surface area (Å²) in [5.41, 5.74) is 7.13. The third-order valence-corrected chi connectivity index (χ3v) is 5.28. The van der Waals surface area contributed by atoms with E-state index in [9.17, 15) is 9.90 Å². The van der Waals surface area contributed by atoms with E-state index < -0.39 is 6.10 Å². The van der Waals surface area contributed by atoms with Gasteiger partial charge >= 0.3 is 0 Å². The van der Waals surface area contributed by atoms with Crippen LogP contribution in [0.25, 0.3) is 10.9 Å². The van der Waals surface area contributed by atoms with E-state index >= 15 is 0 Å². The fourth-order valence-electron chi connectivity index (χ4n) is 3.53. The molecule has 6 heteroatoms. The Balaban J connectivity index is 1.80. The van der Waals surface area contributed by atoms with Crippen LogP contribution in [0.4, 0.5) is 0 Å². The Hall–Kier alpha value is -1.12. The minimum Gasteiger partial charge on any atom is -0.391 e. The van der Waals surface area contributed by atoms with Gasteiger partial charge in [-0.3, -0.25) is 4.79 Å². The van der Waals surface area contributed by atoms with E-state index in [1.165, 1.54) is 0 Å². The van der Waals surface area contributed by atoms with Gasteiger partial charge in [0.25, 0.3) is 5.91 Å². The second kappa shape index (κ2) is 7.41. The lowest BCUT2D eigenvalue weighted by atomic mass is 9.92. The van der Waals surface area contributed by atoms with Crippen LogP contribution in [0.3, 0.4) is 0 Å². The number of ether oxygens (including phenoxy) is 1. The van der Waals surface area contributed by atoms with Crippen LogP contribution in [0.15, 0.2) is 24.4 Å². The molecule has 130 valence electrons. The van der Waals surface area contributed by atoms with Crippen molar-refractivity contribution in [1.82, 2.24) is 4.57 Å². The van der Waals surface area contributed by atoms with Crippen LogP contribution in [0, 0.1) is 3.57 Å². The number of primary amides is 1. The number of amides is 1. The van der Waals surface area contributed by atoms with Crippen molar-refractivity contribution >= 4 is 39.4 Å². The molecule has 0 bridgehead atoms. The van der Waals surface area contributed by atoms with Crippen LogP contribution in [0.1, 0.15) is 49.0 Å². The van der Waals surface area contributed by atoms with Crippen LogP contribution in [-0.4, -0.2) is 34.4 Å². The molecule has 3 rings (SSSR count). The third kappa shape index (κ3) is 3.75. The smallest absolute Gasteiger partial charge is 0.250 e. The summed E-state index contributed by atoms with van der Waals surface area (Å²) in [6, 6.07) is 6.35. The Morgan fingerprint density at radius 3 is 2.75 bits per heavy atom. The van der Waals surface area contributed by atoms with Crippen molar-refractivity contribution in [2.75, 3.05) is 6.61 Å². The summed E-state index contributed by atoms with van der Waals surface area (Å²) in [5.74, 6) is -0.382. The third-order valence-electron chi connectivity index (χ3n) is 4.65. The van der Waals surface area contributed by atoms with E-state index in [-0.39, 0.29) is 12.0 Å². The number of benzene rings is 1. The van der Waals surface area contributed by atoms with E-state index in [1.807, 2.05) is 6.07 Å². The molecule has 0 aliphatic heterocycles. The van der Waals surface area contributed by atoms with Gasteiger partial charge in [0, 0.05) is 21.2 Å². The van der Waals surface area contributed by atoms with E-state index in [0.717, 1.165) is 40.2 Å². The molecule has 24 heavy (non-hydrogen) atoms. The highest BCUT2D eigenvalue weighted by molar-refractivity contribution is 14.1. The zero-order valence-electron chi connectivity index (χ0n) is 13.7. The summed E-state index contributed by atoms with van der Waals surface area (Å²) in [7, 11) is 0. The molecule has 1 aliphatic carbocycles. The van der Waals surface area contributed by atoms with Crippen molar-refractivity contribution in [3.63, 3.8) is 0 Å². The number of aromatic nitrogens is 1. The second-order valence-corrected chi connectivity index (χ2v) is 7.84. The van der Waals surface area contributed by atoms with Gasteiger partial charge in [0.05, 0.1) is 29.9 Å². The number of rotatable bonds is 5. The van der Waals surface area contributed by atoms with Crippen molar-refractivity contribution in [2.24, 2.45) is 5.73 Å². The second-order valence-electron chi connectivity index (χ2n) is 6.59. The molecule has 0 spiro atoms. The number of aliphatic hydroxyl groups is 1. The Morgan fingerprint density at radius 2 is 2.12 bits per heavy atom. The van der Waals surface area contributed by atoms with Crippen LogP contribution >= 0.6 is 22.6 Å². The van der Waals surface area contributed by atoms with Crippen molar-refractivity contribution < 1.29 is 14.6 Å². The van der Waals surface area contributed by atoms with Gasteiger partial charge in [0.15, 0.2) is 0 Å². The zero-order chi connectivity index (χ0) is 17.3. The van der Waals surface area contributed by atoms with Crippen LogP contribution < -0.4 is 5.73 Å². The van der Waals surface area contributed by atoms with Gasteiger partial charge in [-0.1, -0.05) is 0 Å². The van der Waals surface area contributed by atoms with Crippen molar-refractivity contribution in [3.8, 4) is 0 Å². The Morgan fingerprint density at radius 1 is 1.42 bits per heavy atom. The van der Waals surface area contributed by atoms with Crippen LogP contribution in [0.2, 0.25) is 0 Å². The fraction of sp³-hybridized carbons (Fsp3) is 0.500. The minimum absolute atomic E-state index is 0.217. The van der Waals surface area contributed by atoms with Crippen LogP contribution in [0.5, 0.6) is 0 Å².